The summed E-state index contributed by atoms with van der Waals surface area (Å²) >= 11 is 0. The smallest absolute Gasteiger partial charge is 0.306 e. The number of hydrogen-bond donors (Lipinski definition) is 0. The summed E-state index contributed by atoms with van der Waals surface area (Å²) in [6, 6.07) is 0. The summed E-state index contributed by atoms with van der Waals surface area (Å²) in [5.41, 5.74) is 0. The molecule has 6 heteroatoms. The summed E-state index contributed by atoms with van der Waals surface area (Å²) in [6.07, 6.45) is 74.9. The standard InChI is InChI=1S/C62H102O6/c1-4-7-10-13-16-19-22-25-27-29-31-33-34-37-40-43-46-49-52-55-61(64)67-58-59(57-66-60(63)54-51-48-45-42-39-36-24-21-18-15-12-9-6-3)68-62(65)56-53-50-47-44-41-38-35-32-30-28-26-23-20-17-14-11-8-5-2/h7,10-11,14,16-17,19-20,23,25-28,30-33,35,59H,4-6,8-9,12-13,15,18,21-22,24,29,34,36-58H2,1-3H3/b10-7-,14-11-,19-16-,20-17-,26-23-,27-25-,30-28-,33-31-,35-32-. The Morgan fingerprint density at radius 3 is 1.09 bits per heavy atom. The number of hydrogen-bond acceptors (Lipinski definition) is 6. The van der Waals surface area contributed by atoms with Crippen LogP contribution in [0.1, 0.15) is 245 Å². The van der Waals surface area contributed by atoms with Gasteiger partial charge in [0.25, 0.3) is 0 Å². The Balaban J connectivity index is 4.47. The van der Waals surface area contributed by atoms with E-state index in [2.05, 4.69) is 106 Å². The van der Waals surface area contributed by atoms with Gasteiger partial charge in [0.15, 0.2) is 6.10 Å². The van der Waals surface area contributed by atoms with E-state index in [1.165, 1.54) is 83.5 Å². The lowest BCUT2D eigenvalue weighted by Gasteiger charge is -2.18. The maximum Gasteiger partial charge on any atom is 0.306 e. The molecule has 0 aromatic rings. The number of rotatable bonds is 49. The molecule has 1 atom stereocenters. The molecule has 0 aliphatic carbocycles. The van der Waals surface area contributed by atoms with Crippen molar-refractivity contribution in [2.75, 3.05) is 13.2 Å². The van der Waals surface area contributed by atoms with Gasteiger partial charge in [0.1, 0.15) is 13.2 Å². The van der Waals surface area contributed by atoms with Gasteiger partial charge in [-0.05, 0) is 77.0 Å². The van der Waals surface area contributed by atoms with Crippen molar-refractivity contribution in [2.45, 2.75) is 252 Å². The second-order valence-electron chi connectivity index (χ2n) is 18.2. The van der Waals surface area contributed by atoms with Gasteiger partial charge in [-0.1, -0.05) is 259 Å². The van der Waals surface area contributed by atoms with Crippen LogP contribution in [0.3, 0.4) is 0 Å². The molecule has 6 nitrogen and oxygen atoms in total. The van der Waals surface area contributed by atoms with Gasteiger partial charge in [-0.2, -0.15) is 0 Å². The predicted molar refractivity (Wildman–Crippen MR) is 293 cm³/mol. The van der Waals surface area contributed by atoms with Crippen molar-refractivity contribution < 1.29 is 28.6 Å². The molecule has 0 aliphatic heterocycles. The molecule has 0 N–H and O–H groups in total. The van der Waals surface area contributed by atoms with E-state index >= 15 is 0 Å². The third kappa shape index (κ3) is 53.0. The van der Waals surface area contributed by atoms with Gasteiger partial charge < -0.3 is 14.2 Å². The van der Waals surface area contributed by atoms with Gasteiger partial charge in [-0.3, -0.25) is 14.4 Å². The first-order valence-corrected chi connectivity index (χ1v) is 28.0. The molecule has 0 amide bonds. The SMILES string of the molecule is CC/C=C\C/C=C\C/C=C\C/C=C\CCCCCCCCC(=O)OCC(COC(=O)CCCCCCCCCCCCCCC)OC(=O)CCCCCCC\C=C/C=C\C=C/C=C\C=C/CCC. The fourth-order valence-corrected chi connectivity index (χ4v) is 7.46. The molecule has 0 radical (unpaired) electrons. The zero-order valence-electron chi connectivity index (χ0n) is 44.1. The van der Waals surface area contributed by atoms with Crippen LogP contribution in [-0.4, -0.2) is 37.2 Å². The van der Waals surface area contributed by atoms with Gasteiger partial charge in [-0.25, -0.2) is 0 Å². The van der Waals surface area contributed by atoms with Crippen LogP contribution in [0.2, 0.25) is 0 Å². The molecule has 1 unspecified atom stereocenters. The minimum atomic E-state index is -0.798. The average Bonchev–Trinajstić information content (AvgIpc) is 3.34. The van der Waals surface area contributed by atoms with E-state index in [4.69, 9.17) is 14.2 Å². The van der Waals surface area contributed by atoms with E-state index in [0.29, 0.717) is 19.3 Å². The summed E-state index contributed by atoms with van der Waals surface area (Å²) in [7, 11) is 0. The highest BCUT2D eigenvalue weighted by Gasteiger charge is 2.19. The minimum absolute atomic E-state index is 0.0933. The number of carbonyl (C=O) groups excluding carboxylic acids is 3. The number of allylic oxidation sites excluding steroid dienone is 18. The Bertz CT molecular complexity index is 1410. The Morgan fingerprint density at radius 2 is 0.662 bits per heavy atom. The molecule has 386 valence electrons. The Hall–Kier alpha value is -3.93. The first-order chi connectivity index (χ1) is 33.5. The van der Waals surface area contributed by atoms with Gasteiger partial charge in [-0.15, -0.1) is 0 Å². The van der Waals surface area contributed by atoms with Crippen molar-refractivity contribution in [3.05, 3.63) is 109 Å². The first-order valence-electron chi connectivity index (χ1n) is 28.0. The van der Waals surface area contributed by atoms with E-state index in [0.717, 1.165) is 122 Å². The largest absolute Gasteiger partial charge is 0.462 e. The lowest BCUT2D eigenvalue weighted by molar-refractivity contribution is -0.167. The molecule has 0 aliphatic rings. The summed E-state index contributed by atoms with van der Waals surface area (Å²) in [4.78, 5) is 38.1. The lowest BCUT2D eigenvalue weighted by Crippen LogP contribution is -2.30. The second kappa shape index (κ2) is 55.7. The number of esters is 3. The third-order valence-corrected chi connectivity index (χ3v) is 11.6. The quantitative estimate of drug-likeness (QED) is 0.0199. The Labute approximate surface area is 419 Å². The van der Waals surface area contributed by atoms with Crippen LogP contribution >= 0.6 is 0 Å². The van der Waals surface area contributed by atoms with Gasteiger partial charge in [0, 0.05) is 19.3 Å². The summed E-state index contributed by atoms with van der Waals surface area (Å²) in [5.74, 6) is -0.932. The number of ether oxygens (including phenoxy) is 3. The number of carbonyl (C=O) groups is 3. The third-order valence-electron chi connectivity index (χ3n) is 11.6. The van der Waals surface area contributed by atoms with Gasteiger partial charge >= 0.3 is 17.9 Å². The van der Waals surface area contributed by atoms with E-state index in [9.17, 15) is 14.4 Å². The summed E-state index contributed by atoms with van der Waals surface area (Å²) in [6.45, 7) is 6.41. The normalized spacial score (nSPS) is 12.9. The maximum absolute atomic E-state index is 12.8. The molecule has 0 spiro atoms. The molecule has 0 heterocycles. The van der Waals surface area contributed by atoms with Crippen LogP contribution in [0, 0.1) is 0 Å². The second-order valence-corrected chi connectivity index (χ2v) is 18.2. The van der Waals surface area contributed by atoms with Crippen molar-refractivity contribution in [1.29, 1.82) is 0 Å². The molecule has 0 rings (SSSR count). The zero-order valence-corrected chi connectivity index (χ0v) is 44.1. The van der Waals surface area contributed by atoms with E-state index < -0.39 is 6.10 Å². The van der Waals surface area contributed by atoms with Crippen molar-refractivity contribution >= 4 is 17.9 Å². The highest BCUT2D eigenvalue weighted by molar-refractivity contribution is 5.71. The molecule has 0 aromatic carbocycles. The van der Waals surface area contributed by atoms with Crippen LogP contribution in [0.4, 0.5) is 0 Å². The average molecular weight is 943 g/mol. The maximum atomic E-state index is 12.8. The Morgan fingerprint density at radius 1 is 0.324 bits per heavy atom. The fourth-order valence-electron chi connectivity index (χ4n) is 7.46. The monoisotopic (exact) mass is 943 g/mol. The molecular weight excluding hydrogens is 841 g/mol. The molecule has 0 saturated carbocycles. The van der Waals surface area contributed by atoms with Crippen LogP contribution in [-0.2, 0) is 28.6 Å². The van der Waals surface area contributed by atoms with Crippen molar-refractivity contribution in [3.63, 3.8) is 0 Å². The molecule has 0 bridgehead atoms. The van der Waals surface area contributed by atoms with Gasteiger partial charge in [0.05, 0.1) is 0 Å². The molecular formula is C62H102O6. The van der Waals surface area contributed by atoms with E-state index in [1.54, 1.807) is 0 Å². The Kier molecular flexibility index (Phi) is 52.4. The highest BCUT2D eigenvalue weighted by Crippen LogP contribution is 2.15. The topological polar surface area (TPSA) is 78.9 Å². The lowest BCUT2D eigenvalue weighted by atomic mass is 10.0. The fraction of sp³-hybridized carbons (Fsp3) is 0.661. The summed E-state index contributed by atoms with van der Waals surface area (Å²) < 4.78 is 16.8. The van der Waals surface area contributed by atoms with E-state index in [1.807, 2.05) is 24.3 Å². The molecule has 68 heavy (non-hydrogen) atoms. The van der Waals surface area contributed by atoms with Crippen molar-refractivity contribution in [2.24, 2.45) is 0 Å². The molecule has 0 saturated heterocycles. The zero-order chi connectivity index (χ0) is 49.3. The molecule has 0 aromatic heterocycles. The van der Waals surface area contributed by atoms with Crippen molar-refractivity contribution in [1.82, 2.24) is 0 Å². The number of unbranched alkanes of at least 4 members (excludes halogenated alkanes) is 24. The summed E-state index contributed by atoms with van der Waals surface area (Å²) in [5, 5.41) is 0. The van der Waals surface area contributed by atoms with Crippen molar-refractivity contribution in [3.8, 4) is 0 Å². The van der Waals surface area contributed by atoms with Crippen LogP contribution in [0.5, 0.6) is 0 Å². The highest BCUT2D eigenvalue weighted by atomic mass is 16.6. The first kappa shape index (κ1) is 64.1. The van der Waals surface area contributed by atoms with Gasteiger partial charge in [0.2, 0.25) is 0 Å². The van der Waals surface area contributed by atoms with E-state index in [-0.39, 0.29) is 31.1 Å². The predicted octanol–water partition coefficient (Wildman–Crippen LogP) is 18.7. The minimum Gasteiger partial charge on any atom is -0.462 e. The van der Waals surface area contributed by atoms with Crippen LogP contribution in [0.25, 0.3) is 0 Å². The molecule has 0 fully saturated rings. The van der Waals surface area contributed by atoms with Crippen LogP contribution in [0.15, 0.2) is 109 Å². The van der Waals surface area contributed by atoms with Crippen LogP contribution < -0.4 is 0 Å².